The Labute approximate surface area is 175 Å². The van der Waals surface area contributed by atoms with Crippen LogP contribution in [-0.4, -0.2) is 20.4 Å². The van der Waals surface area contributed by atoms with Crippen LogP contribution < -0.4 is 10.9 Å². The Kier molecular flexibility index (Phi) is 4.57. The number of anilines is 1. The van der Waals surface area contributed by atoms with Gasteiger partial charge in [-0.15, -0.1) is 11.3 Å². The smallest absolute Gasteiger partial charge is 0.269 e. The molecule has 0 fully saturated rings. The third-order valence-corrected chi connectivity index (χ3v) is 5.85. The van der Waals surface area contributed by atoms with Crippen molar-refractivity contribution in [3.63, 3.8) is 0 Å². The molecule has 7 heteroatoms. The van der Waals surface area contributed by atoms with Crippen molar-refractivity contribution >= 4 is 44.2 Å². The van der Waals surface area contributed by atoms with E-state index in [2.05, 4.69) is 21.4 Å². The number of aromatic nitrogens is 3. The summed E-state index contributed by atoms with van der Waals surface area (Å²) < 4.78 is 2.56. The summed E-state index contributed by atoms with van der Waals surface area (Å²) >= 11 is 1.63. The molecule has 2 heterocycles. The van der Waals surface area contributed by atoms with Crippen molar-refractivity contribution in [1.29, 1.82) is 0 Å². The second kappa shape index (κ2) is 7.53. The second-order valence-corrected chi connectivity index (χ2v) is 7.81. The van der Waals surface area contributed by atoms with E-state index in [-0.39, 0.29) is 18.0 Å². The first-order chi connectivity index (χ1) is 14.7. The molecule has 146 valence electrons. The summed E-state index contributed by atoms with van der Waals surface area (Å²) in [5.74, 6) is -0.277. The molecule has 0 aliphatic rings. The standard InChI is InChI=1S/C23H16N4O2S/c28-21(14-27-19-7-3-1-5-17(19)24-13-22(27)29)25-16-11-9-15(10-12-16)23-26-18-6-2-4-8-20(18)30-23/h1-13H,14H2,(H,25,28). The summed E-state index contributed by atoms with van der Waals surface area (Å²) in [5.41, 5.74) is 3.62. The van der Waals surface area contributed by atoms with Crippen LogP contribution in [0.3, 0.4) is 0 Å². The minimum absolute atomic E-state index is 0.0819. The van der Waals surface area contributed by atoms with E-state index in [0.717, 1.165) is 20.8 Å². The highest BCUT2D eigenvalue weighted by atomic mass is 32.1. The van der Waals surface area contributed by atoms with Crippen LogP contribution in [0.2, 0.25) is 0 Å². The van der Waals surface area contributed by atoms with Gasteiger partial charge in [0, 0.05) is 11.3 Å². The molecule has 2 aromatic heterocycles. The SMILES string of the molecule is O=C(Cn1c(=O)cnc2ccccc21)Nc1ccc(-c2nc3ccccc3s2)cc1. The van der Waals surface area contributed by atoms with Crippen LogP contribution in [0.15, 0.2) is 83.8 Å². The lowest BCUT2D eigenvalue weighted by molar-refractivity contribution is -0.116. The molecule has 1 amide bonds. The monoisotopic (exact) mass is 412 g/mol. The second-order valence-electron chi connectivity index (χ2n) is 6.78. The minimum Gasteiger partial charge on any atom is -0.325 e. The Balaban J connectivity index is 1.34. The lowest BCUT2D eigenvalue weighted by Crippen LogP contribution is -2.27. The Morgan fingerprint density at radius 2 is 1.67 bits per heavy atom. The average molecular weight is 412 g/mol. The molecule has 0 unspecified atom stereocenters. The van der Waals surface area contributed by atoms with Crippen molar-refractivity contribution in [2.24, 2.45) is 0 Å². The van der Waals surface area contributed by atoms with Gasteiger partial charge in [-0.3, -0.25) is 14.2 Å². The van der Waals surface area contributed by atoms with Gasteiger partial charge in [0.05, 0.1) is 27.4 Å². The summed E-state index contributed by atoms with van der Waals surface area (Å²) in [6, 6.07) is 22.8. The van der Waals surface area contributed by atoms with Gasteiger partial charge in [-0.25, -0.2) is 9.97 Å². The molecular formula is C23H16N4O2S. The summed E-state index contributed by atoms with van der Waals surface area (Å²) in [4.78, 5) is 33.5. The van der Waals surface area contributed by atoms with Crippen LogP contribution in [0.4, 0.5) is 5.69 Å². The van der Waals surface area contributed by atoms with Gasteiger partial charge in [0.2, 0.25) is 5.91 Å². The number of para-hydroxylation sites is 3. The van der Waals surface area contributed by atoms with Crippen LogP contribution in [0.25, 0.3) is 31.8 Å². The van der Waals surface area contributed by atoms with Crippen molar-refractivity contribution in [2.45, 2.75) is 6.54 Å². The van der Waals surface area contributed by atoms with E-state index in [0.29, 0.717) is 16.7 Å². The lowest BCUT2D eigenvalue weighted by atomic mass is 10.2. The number of hydrogen-bond acceptors (Lipinski definition) is 5. The Morgan fingerprint density at radius 3 is 2.47 bits per heavy atom. The van der Waals surface area contributed by atoms with Gasteiger partial charge < -0.3 is 5.32 Å². The maximum absolute atomic E-state index is 12.5. The molecule has 6 nitrogen and oxygen atoms in total. The molecule has 5 aromatic rings. The van der Waals surface area contributed by atoms with Crippen molar-refractivity contribution < 1.29 is 4.79 Å². The van der Waals surface area contributed by atoms with Gasteiger partial charge in [-0.2, -0.15) is 0 Å². The van der Waals surface area contributed by atoms with Crippen LogP contribution in [0, 0.1) is 0 Å². The fourth-order valence-electron chi connectivity index (χ4n) is 3.31. The highest BCUT2D eigenvalue weighted by Gasteiger charge is 2.10. The van der Waals surface area contributed by atoms with E-state index in [9.17, 15) is 9.59 Å². The molecule has 0 saturated carbocycles. The third-order valence-electron chi connectivity index (χ3n) is 4.76. The van der Waals surface area contributed by atoms with E-state index in [1.807, 2.05) is 60.7 Å². The van der Waals surface area contributed by atoms with Crippen LogP contribution in [-0.2, 0) is 11.3 Å². The highest BCUT2D eigenvalue weighted by molar-refractivity contribution is 7.21. The first-order valence-corrected chi connectivity index (χ1v) is 10.2. The molecule has 0 bridgehead atoms. The van der Waals surface area contributed by atoms with E-state index in [1.165, 1.54) is 10.8 Å². The minimum atomic E-state index is -0.310. The van der Waals surface area contributed by atoms with E-state index >= 15 is 0 Å². The molecule has 5 rings (SSSR count). The van der Waals surface area contributed by atoms with Crippen molar-refractivity contribution in [1.82, 2.24) is 14.5 Å². The van der Waals surface area contributed by atoms with Gasteiger partial charge in [0.1, 0.15) is 11.6 Å². The number of hydrogen-bond donors (Lipinski definition) is 1. The zero-order chi connectivity index (χ0) is 20.5. The maximum atomic E-state index is 12.5. The summed E-state index contributed by atoms with van der Waals surface area (Å²) in [6.07, 6.45) is 1.24. The van der Waals surface area contributed by atoms with Crippen molar-refractivity contribution in [3.05, 3.63) is 89.3 Å². The average Bonchev–Trinajstić information content (AvgIpc) is 3.20. The van der Waals surface area contributed by atoms with Gasteiger partial charge in [-0.1, -0.05) is 24.3 Å². The normalized spacial score (nSPS) is 11.1. The van der Waals surface area contributed by atoms with Crippen LogP contribution in [0.1, 0.15) is 0 Å². The quantitative estimate of drug-likeness (QED) is 0.477. The number of amides is 1. The first kappa shape index (κ1) is 18.2. The molecule has 0 radical (unpaired) electrons. The van der Waals surface area contributed by atoms with E-state index in [1.54, 1.807) is 17.4 Å². The number of benzene rings is 3. The predicted molar refractivity (Wildman–Crippen MR) is 120 cm³/mol. The fourth-order valence-corrected chi connectivity index (χ4v) is 4.28. The molecule has 0 aliphatic heterocycles. The summed E-state index contributed by atoms with van der Waals surface area (Å²) in [6.45, 7) is -0.0819. The molecule has 1 N–H and O–H groups in total. The maximum Gasteiger partial charge on any atom is 0.269 e. The van der Waals surface area contributed by atoms with Crippen LogP contribution in [0.5, 0.6) is 0 Å². The number of thiazole rings is 1. The third kappa shape index (κ3) is 3.46. The van der Waals surface area contributed by atoms with Crippen molar-refractivity contribution in [2.75, 3.05) is 5.32 Å². The number of rotatable bonds is 4. The van der Waals surface area contributed by atoms with Gasteiger partial charge in [-0.05, 0) is 48.5 Å². The lowest BCUT2D eigenvalue weighted by Gasteiger charge is -2.10. The number of fused-ring (bicyclic) bond motifs is 2. The van der Waals surface area contributed by atoms with Gasteiger partial charge in [0.15, 0.2) is 0 Å². The Hall–Kier alpha value is -3.84. The number of nitrogens with one attached hydrogen (secondary N) is 1. The summed E-state index contributed by atoms with van der Waals surface area (Å²) in [5, 5.41) is 3.79. The number of nitrogens with zero attached hydrogens (tertiary/aromatic N) is 3. The summed E-state index contributed by atoms with van der Waals surface area (Å²) in [7, 11) is 0. The van der Waals surface area contributed by atoms with E-state index < -0.39 is 0 Å². The van der Waals surface area contributed by atoms with Gasteiger partial charge >= 0.3 is 0 Å². The Bertz CT molecular complexity index is 1400. The molecule has 0 atom stereocenters. The number of carbonyl (C=O) groups excluding carboxylic acids is 1. The first-order valence-electron chi connectivity index (χ1n) is 9.38. The van der Waals surface area contributed by atoms with Crippen LogP contribution >= 0.6 is 11.3 Å². The van der Waals surface area contributed by atoms with E-state index in [4.69, 9.17) is 0 Å². The molecule has 30 heavy (non-hydrogen) atoms. The van der Waals surface area contributed by atoms with Gasteiger partial charge in [0.25, 0.3) is 5.56 Å². The predicted octanol–water partition coefficient (Wildman–Crippen LogP) is 4.31. The Morgan fingerprint density at radius 1 is 0.933 bits per heavy atom. The molecule has 0 spiro atoms. The fraction of sp³-hybridized carbons (Fsp3) is 0.0435. The molecule has 0 saturated heterocycles. The highest BCUT2D eigenvalue weighted by Crippen LogP contribution is 2.30. The molecule has 3 aromatic carbocycles. The number of carbonyl (C=O) groups is 1. The molecule has 0 aliphatic carbocycles. The topological polar surface area (TPSA) is 76.9 Å². The molecular weight excluding hydrogens is 396 g/mol. The van der Waals surface area contributed by atoms with Crippen molar-refractivity contribution in [3.8, 4) is 10.6 Å². The largest absolute Gasteiger partial charge is 0.325 e. The zero-order valence-corrected chi connectivity index (χ0v) is 16.6. The zero-order valence-electron chi connectivity index (χ0n) is 15.8.